The van der Waals surface area contributed by atoms with Crippen molar-refractivity contribution in [3.8, 4) is 0 Å². The highest BCUT2D eigenvalue weighted by Crippen LogP contribution is 2.15. The predicted molar refractivity (Wildman–Crippen MR) is 92.6 cm³/mol. The van der Waals surface area contributed by atoms with Gasteiger partial charge in [0.1, 0.15) is 0 Å². The zero-order valence-electron chi connectivity index (χ0n) is 14.0. The molecule has 0 aliphatic heterocycles. The fraction of sp³-hybridized carbons (Fsp3) is 0.222. The van der Waals surface area contributed by atoms with Gasteiger partial charge in [-0.15, -0.1) is 0 Å². The van der Waals surface area contributed by atoms with Crippen LogP contribution in [0.1, 0.15) is 19.4 Å². The molecule has 7 nitrogen and oxygen atoms in total. The second-order valence-electron chi connectivity index (χ2n) is 4.66. The molecule has 0 radical (unpaired) electrons. The Bertz CT molecular complexity index is 671. The van der Waals surface area contributed by atoms with Crippen molar-refractivity contribution < 1.29 is 24.0 Å². The van der Waals surface area contributed by atoms with Crippen LogP contribution in [-0.4, -0.2) is 30.1 Å². The van der Waals surface area contributed by atoms with Gasteiger partial charge in [-0.25, -0.2) is 9.59 Å². The summed E-state index contributed by atoms with van der Waals surface area (Å²) in [6.07, 6.45) is 7.09. The summed E-state index contributed by atoms with van der Waals surface area (Å²) in [7, 11) is 0. The average molecular weight is 345 g/mol. The number of nitro groups is 1. The van der Waals surface area contributed by atoms with Crippen molar-refractivity contribution in [3.05, 3.63) is 69.8 Å². The Balaban J connectivity index is 3.04. The molecule has 1 aromatic carbocycles. The summed E-state index contributed by atoms with van der Waals surface area (Å²) < 4.78 is 9.61. The van der Waals surface area contributed by atoms with Gasteiger partial charge in [-0.05, 0) is 55.3 Å². The van der Waals surface area contributed by atoms with Gasteiger partial charge in [0.15, 0.2) is 0 Å². The van der Waals surface area contributed by atoms with Gasteiger partial charge in [-0.2, -0.15) is 0 Å². The molecular formula is C18H19NO6. The molecule has 0 saturated heterocycles. The molecule has 1 rings (SSSR count). The predicted octanol–water partition coefficient (Wildman–Crippen LogP) is 3.22. The van der Waals surface area contributed by atoms with Crippen LogP contribution in [0.5, 0.6) is 0 Å². The van der Waals surface area contributed by atoms with Crippen LogP contribution < -0.4 is 0 Å². The molecular weight excluding hydrogens is 326 g/mol. The summed E-state index contributed by atoms with van der Waals surface area (Å²) in [6.45, 7) is 3.90. The van der Waals surface area contributed by atoms with Crippen LogP contribution in [0.4, 0.5) is 5.69 Å². The summed E-state index contributed by atoms with van der Waals surface area (Å²) in [6, 6.07) is 5.87. The van der Waals surface area contributed by atoms with Crippen LogP contribution in [0.15, 0.2) is 54.1 Å². The van der Waals surface area contributed by atoms with Gasteiger partial charge in [0.2, 0.25) is 0 Å². The van der Waals surface area contributed by atoms with E-state index in [0.717, 1.165) is 0 Å². The van der Waals surface area contributed by atoms with Gasteiger partial charge < -0.3 is 9.47 Å². The Kier molecular flexibility index (Phi) is 8.35. The van der Waals surface area contributed by atoms with Crippen molar-refractivity contribution in [2.75, 3.05) is 13.2 Å². The Labute approximate surface area is 145 Å². The number of allylic oxidation sites excluding steroid dienone is 3. The largest absolute Gasteiger partial charge is 0.463 e. The minimum absolute atomic E-state index is 0.0252. The summed E-state index contributed by atoms with van der Waals surface area (Å²) in [4.78, 5) is 33.1. The topological polar surface area (TPSA) is 95.7 Å². The number of hydrogen-bond donors (Lipinski definition) is 0. The van der Waals surface area contributed by atoms with Gasteiger partial charge in [0.25, 0.3) is 5.69 Å². The van der Waals surface area contributed by atoms with Gasteiger partial charge in [0.05, 0.1) is 18.1 Å². The molecule has 0 unspecified atom stereocenters. The van der Waals surface area contributed by atoms with Crippen LogP contribution >= 0.6 is 0 Å². The molecule has 0 heterocycles. The Morgan fingerprint density at radius 3 is 1.84 bits per heavy atom. The van der Waals surface area contributed by atoms with E-state index >= 15 is 0 Å². The zero-order chi connectivity index (χ0) is 18.7. The summed E-state index contributed by atoms with van der Waals surface area (Å²) in [5.74, 6) is -1.02. The lowest BCUT2D eigenvalue weighted by molar-refractivity contribution is -0.384. The molecule has 0 fully saturated rings. The maximum atomic E-state index is 11.4. The molecule has 1 aromatic rings. The second-order valence-corrected chi connectivity index (χ2v) is 4.66. The monoisotopic (exact) mass is 345 g/mol. The molecule has 7 heteroatoms. The van der Waals surface area contributed by atoms with Crippen molar-refractivity contribution in [1.82, 2.24) is 0 Å². The van der Waals surface area contributed by atoms with E-state index < -0.39 is 16.9 Å². The van der Waals surface area contributed by atoms with Crippen LogP contribution in [0.2, 0.25) is 0 Å². The lowest BCUT2D eigenvalue weighted by Gasteiger charge is -1.99. The molecule has 0 amide bonds. The first-order valence-corrected chi connectivity index (χ1v) is 7.62. The molecule has 0 atom stereocenters. The van der Waals surface area contributed by atoms with Crippen molar-refractivity contribution >= 4 is 23.7 Å². The third-order valence-electron chi connectivity index (χ3n) is 2.83. The number of ether oxygens (including phenoxy) is 2. The summed E-state index contributed by atoms with van der Waals surface area (Å²) in [5.41, 5.74) is 1.17. The number of rotatable bonds is 8. The van der Waals surface area contributed by atoms with Gasteiger partial charge in [0, 0.05) is 24.3 Å². The van der Waals surface area contributed by atoms with E-state index in [0.29, 0.717) is 11.1 Å². The van der Waals surface area contributed by atoms with E-state index in [9.17, 15) is 19.7 Å². The Morgan fingerprint density at radius 1 is 0.960 bits per heavy atom. The first kappa shape index (κ1) is 19.8. The molecule has 0 bridgehead atoms. The number of non-ortho nitro benzene ring substituents is 1. The maximum absolute atomic E-state index is 11.4. The zero-order valence-corrected chi connectivity index (χ0v) is 14.0. The fourth-order valence-electron chi connectivity index (χ4n) is 1.75. The van der Waals surface area contributed by atoms with Crippen LogP contribution in [-0.2, 0) is 19.1 Å². The minimum atomic E-state index is -0.512. The highest BCUT2D eigenvalue weighted by atomic mass is 16.6. The number of benzene rings is 1. The first-order chi connectivity index (χ1) is 12.0. The molecule has 0 saturated carbocycles. The van der Waals surface area contributed by atoms with E-state index in [1.54, 1.807) is 32.1 Å². The van der Waals surface area contributed by atoms with E-state index in [2.05, 4.69) is 0 Å². The quantitative estimate of drug-likeness (QED) is 0.236. The number of esters is 2. The normalized spacial score (nSPS) is 10.6. The smallest absolute Gasteiger partial charge is 0.330 e. The second kappa shape index (κ2) is 10.5. The molecule has 132 valence electrons. The van der Waals surface area contributed by atoms with Crippen molar-refractivity contribution in [2.24, 2.45) is 0 Å². The minimum Gasteiger partial charge on any atom is -0.463 e. The molecule has 0 N–H and O–H groups in total. The number of carbonyl (C=O) groups is 2. The van der Waals surface area contributed by atoms with E-state index in [1.807, 2.05) is 0 Å². The lowest BCUT2D eigenvalue weighted by Crippen LogP contribution is -2.00. The van der Waals surface area contributed by atoms with Crippen molar-refractivity contribution in [1.29, 1.82) is 0 Å². The average Bonchev–Trinajstić information content (AvgIpc) is 2.58. The van der Waals surface area contributed by atoms with Crippen LogP contribution in [0, 0.1) is 10.1 Å². The summed E-state index contributed by atoms with van der Waals surface area (Å²) >= 11 is 0. The maximum Gasteiger partial charge on any atom is 0.330 e. The van der Waals surface area contributed by atoms with Gasteiger partial charge >= 0.3 is 11.9 Å². The summed E-state index contributed by atoms with van der Waals surface area (Å²) in [5, 5.41) is 10.7. The number of nitrogens with zero attached hydrogens (tertiary/aromatic N) is 1. The Morgan fingerprint density at radius 2 is 1.44 bits per heavy atom. The highest BCUT2D eigenvalue weighted by Gasteiger charge is 2.03. The molecule has 0 aliphatic carbocycles. The number of carbonyl (C=O) groups excluding carboxylic acids is 2. The van der Waals surface area contributed by atoms with E-state index in [1.165, 1.54) is 36.4 Å². The fourth-order valence-corrected chi connectivity index (χ4v) is 1.75. The van der Waals surface area contributed by atoms with Crippen LogP contribution in [0.3, 0.4) is 0 Å². The Hall–Kier alpha value is -3.22. The van der Waals surface area contributed by atoms with Crippen LogP contribution in [0.25, 0.3) is 6.08 Å². The lowest BCUT2D eigenvalue weighted by atomic mass is 10.1. The van der Waals surface area contributed by atoms with Crippen molar-refractivity contribution in [2.45, 2.75) is 13.8 Å². The van der Waals surface area contributed by atoms with Gasteiger partial charge in [-0.1, -0.05) is 0 Å². The van der Waals surface area contributed by atoms with E-state index in [4.69, 9.17) is 9.47 Å². The molecule has 0 aromatic heterocycles. The first-order valence-electron chi connectivity index (χ1n) is 7.62. The molecule has 25 heavy (non-hydrogen) atoms. The molecule has 0 spiro atoms. The third kappa shape index (κ3) is 7.74. The number of nitro benzene ring substituents is 1. The third-order valence-corrected chi connectivity index (χ3v) is 2.83. The standard InChI is InChI=1S/C18H19NO6/c1-3-24-17(20)11-7-15(8-12-18(21)25-4-2)13-14-5-9-16(10-6-14)19(22)23/h5-13H,3-4H2,1-2H3. The number of hydrogen-bond acceptors (Lipinski definition) is 6. The highest BCUT2D eigenvalue weighted by molar-refractivity contribution is 5.85. The van der Waals surface area contributed by atoms with Gasteiger partial charge in [-0.3, -0.25) is 10.1 Å². The van der Waals surface area contributed by atoms with Crippen molar-refractivity contribution in [3.63, 3.8) is 0 Å². The molecule has 0 aliphatic rings. The van der Waals surface area contributed by atoms with E-state index in [-0.39, 0.29) is 18.9 Å². The SMILES string of the molecule is CCOC(=O)C=CC(C=CC(=O)OCC)=Cc1ccc([N+](=O)[O-])cc1.